The largest absolute Gasteiger partial charge is 2.00 e. The summed E-state index contributed by atoms with van der Waals surface area (Å²) in [6.45, 7) is 10.7. The maximum atomic E-state index is 8.89. The molecule has 92 valence electrons. The van der Waals surface area contributed by atoms with Gasteiger partial charge in [0.15, 0.2) is 0 Å². The Morgan fingerprint density at radius 1 is 1.06 bits per heavy atom. The van der Waals surface area contributed by atoms with Gasteiger partial charge in [0.2, 0.25) is 0 Å². The van der Waals surface area contributed by atoms with Gasteiger partial charge in [-0.25, -0.2) is 0 Å². The molecule has 0 aromatic rings. The summed E-state index contributed by atoms with van der Waals surface area (Å²) in [6.07, 6.45) is 3.65. The predicted octanol–water partition coefficient (Wildman–Crippen LogP) is -1.54. The van der Waals surface area contributed by atoms with Crippen LogP contribution in [0.3, 0.4) is 0 Å². The predicted molar refractivity (Wildman–Crippen MR) is 62.0 cm³/mol. The molecule has 0 aliphatic heterocycles. The van der Waals surface area contributed by atoms with Gasteiger partial charge >= 0.3 is 13.5 Å². The standard InChI is InChI=1S/C6H11N.2C2H4O2.S/c1-3-5-7-6-4-2;2*1-2(3)4;/h3-4,7H,1-2,5-6H2;2*1H3,(H,3,4);/q;;;+2/p-2. The molecule has 0 amide bonds. The number of aliphatic carboxylic acids is 2. The molecule has 0 rings (SSSR count). The van der Waals surface area contributed by atoms with Gasteiger partial charge in [0.25, 0.3) is 0 Å². The molecule has 16 heavy (non-hydrogen) atoms. The summed E-state index contributed by atoms with van der Waals surface area (Å²) in [7, 11) is 0. The Labute approximate surface area is 103 Å². The smallest absolute Gasteiger partial charge is 0.550 e. The molecule has 0 fully saturated rings. The van der Waals surface area contributed by atoms with Gasteiger partial charge in [-0.1, -0.05) is 12.2 Å². The fourth-order valence-corrected chi connectivity index (χ4v) is 0.287. The third-order valence-corrected chi connectivity index (χ3v) is 0.577. The topological polar surface area (TPSA) is 92.3 Å². The second kappa shape index (κ2) is 23.5. The van der Waals surface area contributed by atoms with E-state index in [4.69, 9.17) is 19.8 Å². The van der Waals surface area contributed by atoms with E-state index in [0.717, 1.165) is 26.9 Å². The highest BCUT2D eigenvalue weighted by Gasteiger charge is 2.00. The molecule has 5 nitrogen and oxygen atoms in total. The van der Waals surface area contributed by atoms with Crippen molar-refractivity contribution in [2.75, 3.05) is 13.1 Å². The van der Waals surface area contributed by atoms with Gasteiger partial charge in [0.1, 0.15) is 0 Å². The number of nitrogens with one attached hydrogen (secondary N) is 1. The second-order valence-corrected chi connectivity index (χ2v) is 2.22. The Balaban J connectivity index is -0.0000000700. The van der Waals surface area contributed by atoms with Crippen molar-refractivity contribution in [1.29, 1.82) is 0 Å². The molecule has 0 spiro atoms. The summed E-state index contributed by atoms with van der Waals surface area (Å²) in [5, 5.41) is 20.8. The van der Waals surface area contributed by atoms with Crippen LogP contribution in [0.15, 0.2) is 25.3 Å². The van der Waals surface area contributed by atoms with E-state index in [2.05, 4.69) is 18.5 Å². The first-order valence-corrected chi connectivity index (χ1v) is 4.16. The molecular formula is C10H17NO4S. The average Bonchev–Trinajstić information content (AvgIpc) is 2.03. The van der Waals surface area contributed by atoms with Crippen molar-refractivity contribution >= 4 is 25.4 Å². The number of carbonyl (C=O) groups excluding carboxylic acids is 2. The molecule has 6 heteroatoms. The molecule has 0 aliphatic rings. The van der Waals surface area contributed by atoms with Crippen LogP contribution in [0.5, 0.6) is 0 Å². The lowest BCUT2D eigenvalue weighted by Gasteiger charge is -1.90. The van der Waals surface area contributed by atoms with Crippen LogP contribution < -0.4 is 15.5 Å². The minimum atomic E-state index is -1.08. The minimum absolute atomic E-state index is 0. The third-order valence-electron chi connectivity index (χ3n) is 0.577. The Morgan fingerprint density at radius 3 is 1.38 bits per heavy atom. The molecule has 0 heterocycles. The molecule has 0 aromatic heterocycles. The van der Waals surface area contributed by atoms with Gasteiger partial charge in [-0.05, 0) is 13.8 Å². The van der Waals surface area contributed by atoms with Crippen molar-refractivity contribution in [2.45, 2.75) is 13.8 Å². The molecule has 0 bridgehead atoms. The molecule has 0 aliphatic carbocycles. The monoisotopic (exact) mass is 247 g/mol. The van der Waals surface area contributed by atoms with Crippen LogP contribution in [0, 0.1) is 0 Å². The lowest BCUT2D eigenvalue weighted by atomic mass is 10.5. The summed E-state index contributed by atoms with van der Waals surface area (Å²) in [6, 6.07) is 0. The van der Waals surface area contributed by atoms with Gasteiger partial charge in [0, 0.05) is 25.0 Å². The zero-order valence-corrected chi connectivity index (χ0v) is 10.3. The van der Waals surface area contributed by atoms with Crippen LogP contribution in [-0.2, 0) is 23.1 Å². The molecule has 4 radical (unpaired) electrons. The Bertz CT molecular complexity index is 167. The first-order chi connectivity index (χ1) is 6.88. The number of carboxylic acids is 2. The molecule has 0 aromatic carbocycles. The van der Waals surface area contributed by atoms with E-state index in [-0.39, 0.29) is 13.5 Å². The second-order valence-electron chi connectivity index (χ2n) is 2.22. The highest BCUT2D eigenvalue weighted by Crippen LogP contribution is 1.59. The summed E-state index contributed by atoms with van der Waals surface area (Å²) >= 11 is 0. The van der Waals surface area contributed by atoms with Crippen LogP contribution in [0.2, 0.25) is 0 Å². The SMILES string of the molecule is C=CCNCC=C.CC(=O)[O-].CC(=O)[O-].[S+2]. The average molecular weight is 247 g/mol. The maximum absolute atomic E-state index is 8.89. The number of rotatable bonds is 4. The zero-order chi connectivity index (χ0) is 12.7. The van der Waals surface area contributed by atoms with E-state index in [1.165, 1.54) is 0 Å². The van der Waals surface area contributed by atoms with Gasteiger partial charge in [-0.2, -0.15) is 0 Å². The molecule has 0 saturated heterocycles. The Morgan fingerprint density at radius 2 is 1.25 bits per heavy atom. The Hall–Kier alpha value is -1.27. The summed E-state index contributed by atoms with van der Waals surface area (Å²) in [4.78, 5) is 17.8. The highest BCUT2D eigenvalue weighted by atomic mass is 32.1. The number of hydrogen-bond donors (Lipinski definition) is 1. The quantitative estimate of drug-likeness (QED) is 0.480. The van der Waals surface area contributed by atoms with Gasteiger partial charge in [0.05, 0.1) is 0 Å². The van der Waals surface area contributed by atoms with Crippen LogP contribution in [0.25, 0.3) is 0 Å². The molecule has 0 atom stereocenters. The van der Waals surface area contributed by atoms with E-state index in [1.54, 1.807) is 0 Å². The number of hydrogen-bond acceptors (Lipinski definition) is 5. The number of carbonyl (C=O) groups is 2. The van der Waals surface area contributed by atoms with Crippen molar-refractivity contribution in [3.63, 3.8) is 0 Å². The molecular weight excluding hydrogens is 230 g/mol. The first-order valence-electron chi connectivity index (χ1n) is 4.16. The highest BCUT2D eigenvalue weighted by molar-refractivity contribution is 7.37. The fraction of sp³-hybridized carbons (Fsp3) is 0.400. The third kappa shape index (κ3) is 235. The minimum Gasteiger partial charge on any atom is -0.550 e. The maximum Gasteiger partial charge on any atom is 2.00 e. The van der Waals surface area contributed by atoms with Crippen molar-refractivity contribution < 1.29 is 19.8 Å². The lowest BCUT2D eigenvalue weighted by molar-refractivity contribution is -0.303. The van der Waals surface area contributed by atoms with E-state index >= 15 is 0 Å². The summed E-state index contributed by atoms with van der Waals surface area (Å²) in [5.41, 5.74) is 0. The normalized spacial score (nSPS) is 6.62. The summed E-state index contributed by atoms with van der Waals surface area (Å²) < 4.78 is 0. The van der Waals surface area contributed by atoms with E-state index in [1.807, 2.05) is 12.2 Å². The van der Waals surface area contributed by atoms with Crippen LogP contribution >= 0.6 is 0 Å². The van der Waals surface area contributed by atoms with Crippen LogP contribution in [-0.4, -0.2) is 25.0 Å². The summed E-state index contributed by atoms with van der Waals surface area (Å²) in [5.74, 6) is -2.17. The van der Waals surface area contributed by atoms with Crippen LogP contribution in [0.1, 0.15) is 13.8 Å². The van der Waals surface area contributed by atoms with E-state index < -0.39 is 11.9 Å². The van der Waals surface area contributed by atoms with E-state index in [9.17, 15) is 0 Å². The van der Waals surface area contributed by atoms with Gasteiger partial charge in [-0.15, -0.1) is 13.2 Å². The van der Waals surface area contributed by atoms with E-state index in [0.29, 0.717) is 0 Å². The van der Waals surface area contributed by atoms with Crippen molar-refractivity contribution in [2.24, 2.45) is 0 Å². The van der Waals surface area contributed by atoms with Crippen LogP contribution in [0.4, 0.5) is 0 Å². The Kier molecular flexibility index (Phi) is 35.4. The zero-order valence-electron chi connectivity index (χ0n) is 9.52. The van der Waals surface area contributed by atoms with Gasteiger partial charge in [-0.3, -0.25) is 0 Å². The van der Waals surface area contributed by atoms with Gasteiger partial charge < -0.3 is 25.1 Å². The van der Waals surface area contributed by atoms with Crippen molar-refractivity contribution in [1.82, 2.24) is 5.32 Å². The first kappa shape index (κ1) is 24.1. The van der Waals surface area contributed by atoms with Crippen molar-refractivity contribution in [3.05, 3.63) is 25.3 Å². The van der Waals surface area contributed by atoms with Crippen molar-refractivity contribution in [3.8, 4) is 0 Å². The number of carboxylic acid groups (broad SMARTS) is 2. The molecule has 1 N–H and O–H groups in total. The lowest BCUT2D eigenvalue weighted by Crippen LogP contribution is -2.16. The fourth-order valence-electron chi connectivity index (χ4n) is 0.287. The molecule has 0 unspecified atom stereocenters. The molecule has 0 saturated carbocycles.